The Hall–Kier alpha value is -2.44. The number of unbranched alkanes of at least 4 members (excludes halogenated alkanes) is 2. The first-order chi connectivity index (χ1) is 14.9. The van der Waals surface area contributed by atoms with Crippen molar-refractivity contribution in [2.45, 2.75) is 46.0 Å². The van der Waals surface area contributed by atoms with E-state index in [0.29, 0.717) is 29.7 Å². The van der Waals surface area contributed by atoms with Crippen molar-refractivity contribution >= 4 is 35.2 Å². The lowest BCUT2D eigenvalue weighted by molar-refractivity contribution is 0.0658. The number of carboxylic acids is 1. The number of rotatable bonds is 12. The molecular formula is C23H26Cl2O6. The quantitative estimate of drug-likeness (QED) is 0.370. The number of aromatic carboxylic acids is 1. The van der Waals surface area contributed by atoms with Crippen LogP contribution >= 0.6 is 23.2 Å². The van der Waals surface area contributed by atoms with Crippen molar-refractivity contribution in [1.29, 1.82) is 0 Å². The first-order valence-corrected chi connectivity index (χ1v) is 10.9. The summed E-state index contributed by atoms with van der Waals surface area (Å²) in [4.78, 5) is 23.2. The highest BCUT2D eigenvalue weighted by Gasteiger charge is 2.16. The smallest absolute Gasteiger partial charge is 0.371 e. The van der Waals surface area contributed by atoms with E-state index in [0.717, 1.165) is 43.1 Å². The van der Waals surface area contributed by atoms with Crippen LogP contribution in [0.5, 0.6) is 11.5 Å². The summed E-state index contributed by atoms with van der Waals surface area (Å²) in [6.07, 6.45) is 7.18. The lowest BCUT2D eigenvalue weighted by atomic mass is 10.1. The van der Waals surface area contributed by atoms with Crippen LogP contribution in [-0.4, -0.2) is 24.3 Å². The zero-order valence-electron chi connectivity index (χ0n) is 17.6. The largest absolute Gasteiger partial charge is 0.493 e. The first kappa shape index (κ1) is 24.8. The van der Waals surface area contributed by atoms with Crippen LogP contribution < -0.4 is 14.9 Å². The zero-order chi connectivity index (χ0) is 22.8. The Bertz CT molecular complexity index is 981. The van der Waals surface area contributed by atoms with E-state index in [9.17, 15) is 9.59 Å². The van der Waals surface area contributed by atoms with Crippen molar-refractivity contribution in [3.63, 3.8) is 0 Å². The molecule has 0 unspecified atom stereocenters. The molecule has 0 saturated heterocycles. The van der Waals surface area contributed by atoms with Gasteiger partial charge in [-0.1, -0.05) is 42.6 Å². The molecule has 0 aliphatic rings. The van der Waals surface area contributed by atoms with Gasteiger partial charge in [-0.2, -0.15) is 0 Å². The van der Waals surface area contributed by atoms with E-state index in [-0.39, 0.29) is 11.5 Å². The number of allylic oxidation sites excluding steroid dienone is 1. The second-order valence-corrected chi connectivity index (χ2v) is 7.60. The van der Waals surface area contributed by atoms with E-state index in [1.165, 1.54) is 6.08 Å². The molecule has 1 aromatic heterocycles. The number of benzene rings is 1. The molecule has 8 heteroatoms. The van der Waals surface area contributed by atoms with Gasteiger partial charge >= 0.3 is 5.97 Å². The van der Waals surface area contributed by atoms with Gasteiger partial charge in [-0.15, -0.1) is 0 Å². The van der Waals surface area contributed by atoms with Gasteiger partial charge in [0.25, 0.3) is 0 Å². The molecule has 0 fully saturated rings. The monoisotopic (exact) mass is 468 g/mol. The van der Waals surface area contributed by atoms with Gasteiger partial charge in [0.1, 0.15) is 5.75 Å². The van der Waals surface area contributed by atoms with Gasteiger partial charge in [-0.3, -0.25) is 4.79 Å². The van der Waals surface area contributed by atoms with E-state index in [2.05, 4.69) is 6.92 Å². The van der Waals surface area contributed by atoms with Crippen molar-refractivity contribution in [1.82, 2.24) is 0 Å². The molecule has 0 bridgehead atoms. The van der Waals surface area contributed by atoms with Gasteiger partial charge in [0.2, 0.25) is 16.9 Å². The SMILES string of the molecule is C/C=C\c1oc(C(=O)O)cc(=O)c1OCCCCCOc1ccc(Cl)c(Cl)c1CCC. The molecule has 0 aliphatic heterocycles. The number of halogens is 2. The fourth-order valence-corrected chi connectivity index (χ4v) is 3.37. The van der Waals surface area contributed by atoms with Gasteiger partial charge in [0.05, 0.1) is 23.3 Å². The average molecular weight is 469 g/mol. The number of hydrogen-bond acceptors (Lipinski definition) is 5. The second kappa shape index (κ2) is 12.4. The van der Waals surface area contributed by atoms with Crippen LogP contribution in [0.1, 0.15) is 61.4 Å². The lowest BCUT2D eigenvalue weighted by Crippen LogP contribution is -2.13. The van der Waals surface area contributed by atoms with Gasteiger partial charge in [0.15, 0.2) is 5.76 Å². The molecule has 1 aromatic carbocycles. The summed E-state index contributed by atoms with van der Waals surface area (Å²) < 4.78 is 16.7. The highest BCUT2D eigenvalue weighted by Crippen LogP contribution is 2.34. The third-order valence-electron chi connectivity index (χ3n) is 4.40. The van der Waals surface area contributed by atoms with Crippen LogP contribution in [0.3, 0.4) is 0 Å². The summed E-state index contributed by atoms with van der Waals surface area (Å²) in [5, 5.41) is 10.1. The Labute approximate surface area is 191 Å². The van der Waals surface area contributed by atoms with E-state index >= 15 is 0 Å². The van der Waals surface area contributed by atoms with Gasteiger partial charge < -0.3 is 19.0 Å². The summed E-state index contributed by atoms with van der Waals surface area (Å²) in [5.74, 6) is -0.872. The molecule has 2 aromatic rings. The van der Waals surface area contributed by atoms with E-state index in [1.54, 1.807) is 19.1 Å². The Morgan fingerprint density at radius 2 is 1.87 bits per heavy atom. The molecule has 1 heterocycles. The van der Waals surface area contributed by atoms with Gasteiger partial charge in [0, 0.05) is 11.6 Å². The molecule has 0 radical (unpaired) electrons. The molecule has 0 aliphatic carbocycles. The molecule has 1 N–H and O–H groups in total. The van der Waals surface area contributed by atoms with E-state index < -0.39 is 17.2 Å². The fourth-order valence-electron chi connectivity index (χ4n) is 2.94. The Morgan fingerprint density at radius 3 is 2.52 bits per heavy atom. The van der Waals surface area contributed by atoms with Crippen LogP contribution in [0.4, 0.5) is 0 Å². The van der Waals surface area contributed by atoms with Crippen molar-refractivity contribution < 1.29 is 23.8 Å². The predicted octanol–water partition coefficient (Wildman–Crippen LogP) is 6.26. The number of carbonyl (C=O) groups is 1. The fraction of sp³-hybridized carbons (Fsp3) is 0.391. The molecule has 2 rings (SSSR count). The van der Waals surface area contributed by atoms with Gasteiger partial charge in [-0.05, 0) is 50.8 Å². The zero-order valence-corrected chi connectivity index (χ0v) is 19.1. The molecule has 0 spiro atoms. The molecule has 0 saturated carbocycles. The van der Waals surface area contributed by atoms with E-state index in [4.69, 9.17) is 42.2 Å². The van der Waals surface area contributed by atoms with Crippen molar-refractivity contribution in [2.24, 2.45) is 0 Å². The van der Waals surface area contributed by atoms with Crippen molar-refractivity contribution in [2.75, 3.05) is 13.2 Å². The summed E-state index contributed by atoms with van der Waals surface area (Å²) in [7, 11) is 0. The number of hydrogen-bond donors (Lipinski definition) is 1. The van der Waals surface area contributed by atoms with Crippen LogP contribution in [0.25, 0.3) is 6.08 Å². The maximum absolute atomic E-state index is 12.2. The minimum absolute atomic E-state index is 0.0133. The Kier molecular flexibility index (Phi) is 9.95. The molecule has 0 amide bonds. The maximum Gasteiger partial charge on any atom is 0.371 e. The Morgan fingerprint density at radius 1 is 1.16 bits per heavy atom. The predicted molar refractivity (Wildman–Crippen MR) is 122 cm³/mol. The van der Waals surface area contributed by atoms with Crippen LogP contribution in [0.15, 0.2) is 33.5 Å². The molecule has 168 valence electrons. The average Bonchev–Trinajstić information content (AvgIpc) is 2.73. The van der Waals surface area contributed by atoms with Crippen molar-refractivity contribution in [3.8, 4) is 11.5 Å². The van der Waals surface area contributed by atoms with E-state index in [1.807, 2.05) is 6.07 Å². The molecule has 31 heavy (non-hydrogen) atoms. The third kappa shape index (κ3) is 7.04. The maximum atomic E-state index is 12.2. The summed E-state index contributed by atoms with van der Waals surface area (Å²) >= 11 is 12.4. The topological polar surface area (TPSA) is 86.0 Å². The standard InChI is InChI=1S/C23H26Cl2O6/c1-3-8-15-18(11-10-16(24)21(15)25)29-12-6-5-7-13-30-22-17(26)14-20(23(27)28)31-19(22)9-4-2/h4,9-11,14H,3,5-8,12-13H2,1-2H3,(H,27,28)/b9-4-. The molecular weight excluding hydrogens is 443 g/mol. The van der Waals surface area contributed by atoms with Crippen LogP contribution in [0.2, 0.25) is 10.0 Å². The highest BCUT2D eigenvalue weighted by molar-refractivity contribution is 6.42. The van der Waals surface area contributed by atoms with Crippen LogP contribution in [-0.2, 0) is 6.42 Å². The van der Waals surface area contributed by atoms with Gasteiger partial charge in [-0.25, -0.2) is 4.79 Å². The number of carboxylic acid groups (broad SMARTS) is 1. The summed E-state index contributed by atoms with van der Waals surface area (Å²) in [6, 6.07) is 4.49. The lowest BCUT2D eigenvalue weighted by Gasteiger charge is -2.13. The molecule has 6 nitrogen and oxygen atoms in total. The minimum Gasteiger partial charge on any atom is -0.493 e. The highest BCUT2D eigenvalue weighted by atomic mass is 35.5. The summed E-state index contributed by atoms with van der Waals surface area (Å²) in [6.45, 7) is 4.62. The minimum atomic E-state index is -1.31. The third-order valence-corrected chi connectivity index (χ3v) is 5.25. The normalized spacial score (nSPS) is 11.1. The van der Waals surface area contributed by atoms with Crippen molar-refractivity contribution in [3.05, 3.63) is 61.6 Å². The molecule has 0 atom stereocenters. The second-order valence-electron chi connectivity index (χ2n) is 6.82. The summed E-state index contributed by atoms with van der Waals surface area (Å²) in [5.41, 5.74) is 0.399. The number of ether oxygens (including phenoxy) is 2. The Balaban J connectivity index is 1.84. The first-order valence-electron chi connectivity index (χ1n) is 10.2. The van der Waals surface area contributed by atoms with Crippen LogP contribution in [0, 0.1) is 0 Å².